The normalized spacial score (nSPS) is 18.0. The van der Waals surface area contributed by atoms with E-state index in [9.17, 15) is 14.0 Å². The van der Waals surface area contributed by atoms with Crippen LogP contribution in [0, 0.1) is 5.82 Å². The average molecular weight is 449 g/mol. The van der Waals surface area contributed by atoms with Crippen LogP contribution in [0.1, 0.15) is 12.0 Å². The molecule has 0 bridgehead atoms. The van der Waals surface area contributed by atoms with Crippen LogP contribution in [0.4, 0.5) is 14.9 Å². The first-order valence-electron chi connectivity index (χ1n) is 10.6. The third-order valence-electron chi connectivity index (χ3n) is 5.43. The molecule has 0 radical (unpaired) electrons. The molecular weight excluding hydrogens is 425 g/mol. The van der Waals surface area contributed by atoms with Gasteiger partial charge in [-0.05, 0) is 60.5 Å². The molecule has 1 aliphatic heterocycles. The Labute approximate surface area is 190 Å². The van der Waals surface area contributed by atoms with E-state index < -0.39 is 12.1 Å². The van der Waals surface area contributed by atoms with Crippen molar-refractivity contribution in [2.75, 3.05) is 11.9 Å². The topological polar surface area (TPSA) is 90.9 Å². The van der Waals surface area contributed by atoms with Crippen LogP contribution in [-0.2, 0) is 11.3 Å². The summed E-state index contributed by atoms with van der Waals surface area (Å²) in [4.78, 5) is 26.1. The van der Waals surface area contributed by atoms with Crippen LogP contribution >= 0.6 is 0 Å². The zero-order valence-electron chi connectivity index (χ0n) is 17.8. The van der Waals surface area contributed by atoms with E-state index >= 15 is 0 Å². The molecule has 3 aromatic carbocycles. The summed E-state index contributed by atoms with van der Waals surface area (Å²) in [5.74, 6) is 0.520. The zero-order valence-corrected chi connectivity index (χ0v) is 17.8. The number of nitrogens with one attached hydrogen (secondary N) is 2. The van der Waals surface area contributed by atoms with Gasteiger partial charge in [0, 0.05) is 24.8 Å². The molecular formula is C25H24FN3O4. The number of nitrogens with zero attached hydrogens (tertiary/aromatic N) is 1. The molecule has 3 aromatic rings. The number of ether oxygens (including phenoxy) is 1. The van der Waals surface area contributed by atoms with Crippen LogP contribution in [0.15, 0.2) is 78.9 Å². The summed E-state index contributed by atoms with van der Waals surface area (Å²) in [6, 6.07) is 21.5. The quantitative estimate of drug-likeness (QED) is 0.495. The minimum absolute atomic E-state index is 0.201. The van der Waals surface area contributed by atoms with Crippen molar-refractivity contribution in [3.05, 3.63) is 90.2 Å². The second-order valence-electron chi connectivity index (χ2n) is 7.88. The van der Waals surface area contributed by atoms with Gasteiger partial charge in [-0.15, -0.1) is 0 Å². The Morgan fingerprint density at radius 1 is 0.970 bits per heavy atom. The monoisotopic (exact) mass is 449 g/mol. The zero-order chi connectivity index (χ0) is 23.2. The van der Waals surface area contributed by atoms with Gasteiger partial charge in [-0.1, -0.05) is 30.3 Å². The molecule has 0 unspecified atom stereocenters. The molecule has 0 saturated carbocycles. The van der Waals surface area contributed by atoms with Gasteiger partial charge in [0.25, 0.3) is 0 Å². The molecule has 0 spiro atoms. The Kier molecular flexibility index (Phi) is 6.85. The van der Waals surface area contributed by atoms with Crippen molar-refractivity contribution >= 4 is 17.7 Å². The van der Waals surface area contributed by atoms with Crippen LogP contribution < -0.4 is 15.4 Å². The van der Waals surface area contributed by atoms with E-state index in [4.69, 9.17) is 9.84 Å². The summed E-state index contributed by atoms with van der Waals surface area (Å²) in [5.41, 5.74) is 1.65. The highest BCUT2D eigenvalue weighted by Crippen LogP contribution is 2.25. The molecule has 0 aromatic heterocycles. The lowest BCUT2D eigenvalue weighted by Crippen LogP contribution is -2.39. The summed E-state index contributed by atoms with van der Waals surface area (Å²) >= 11 is 0. The third kappa shape index (κ3) is 6.08. The number of carboxylic acid groups (broad SMARTS) is 1. The van der Waals surface area contributed by atoms with Crippen molar-refractivity contribution in [2.24, 2.45) is 0 Å². The fraction of sp³-hybridized carbons (Fsp3) is 0.200. The van der Waals surface area contributed by atoms with Crippen LogP contribution in [0.2, 0.25) is 0 Å². The summed E-state index contributed by atoms with van der Waals surface area (Å²) in [7, 11) is 0. The molecule has 1 aliphatic rings. The Morgan fingerprint density at radius 3 is 2.24 bits per heavy atom. The molecule has 33 heavy (non-hydrogen) atoms. The molecule has 4 rings (SSSR count). The third-order valence-corrected chi connectivity index (χ3v) is 5.43. The van der Waals surface area contributed by atoms with Gasteiger partial charge in [-0.25, -0.2) is 9.18 Å². The lowest BCUT2D eigenvalue weighted by molar-refractivity contribution is -0.120. The standard InChI is InChI=1S/C25H24FN3O4/c26-18-6-10-21(11-7-18)33-22-12-8-19(9-13-22)27-24(30)23-14-20(28-25(31)32)16-29(23)15-17-4-2-1-3-5-17/h1-13,20,23,28H,14-16H2,(H,27,30)(H,31,32)/t20-,23+/m1/s1. The van der Waals surface area contributed by atoms with Crippen molar-refractivity contribution in [1.29, 1.82) is 0 Å². The minimum Gasteiger partial charge on any atom is -0.465 e. The second-order valence-corrected chi connectivity index (χ2v) is 7.88. The SMILES string of the molecule is O=C(O)N[C@@H]1C[C@@H](C(=O)Nc2ccc(Oc3ccc(F)cc3)cc2)N(Cc2ccccc2)C1. The molecule has 8 heteroatoms. The number of hydrogen-bond acceptors (Lipinski definition) is 4. The second kappa shape index (κ2) is 10.1. The maximum absolute atomic E-state index is 13.1. The smallest absolute Gasteiger partial charge is 0.404 e. The fourth-order valence-electron chi connectivity index (χ4n) is 3.92. The van der Waals surface area contributed by atoms with E-state index in [2.05, 4.69) is 10.6 Å². The lowest BCUT2D eigenvalue weighted by Gasteiger charge is -2.23. The highest BCUT2D eigenvalue weighted by molar-refractivity contribution is 5.95. The Balaban J connectivity index is 1.41. The van der Waals surface area contributed by atoms with E-state index in [0.29, 0.717) is 36.7 Å². The van der Waals surface area contributed by atoms with Crippen molar-refractivity contribution in [3.8, 4) is 11.5 Å². The van der Waals surface area contributed by atoms with Gasteiger partial charge < -0.3 is 20.5 Å². The number of rotatable bonds is 7. The van der Waals surface area contributed by atoms with Crippen molar-refractivity contribution in [3.63, 3.8) is 0 Å². The first-order valence-corrected chi connectivity index (χ1v) is 10.6. The van der Waals surface area contributed by atoms with Crippen molar-refractivity contribution < 1.29 is 23.8 Å². The molecule has 2 amide bonds. The largest absolute Gasteiger partial charge is 0.465 e. The van der Waals surface area contributed by atoms with E-state index in [1.807, 2.05) is 35.2 Å². The molecule has 7 nitrogen and oxygen atoms in total. The summed E-state index contributed by atoms with van der Waals surface area (Å²) in [6.07, 6.45) is -0.714. The minimum atomic E-state index is -1.10. The number of carbonyl (C=O) groups excluding carboxylic acids is 1. The molecule has 1 saturated heterocycles. The first-order chi connectivity index (χ1) is 16.0. The number of benzene rings is 3. The van der Waals surface area contributed by atoms with E-state index in [1.165, 1.54) is 24.3 Å². The Morgan fingerprint density at radius 2 is 1.61 bits per heavy atom. The molecule has 1 heterocycles. The van der Waals surface area contributed by atoms with Crippen LogP contribution in [-0.4, -0.2) is 40.6 Å². The van der Waals surface area contributed by atoms with Gasteiger partial charge in [-0.3, -0.25) is 9.69 Å². The number of hydrogen-bond donors (Lipinski definition) is 3. The predicted octanol–water partition coefficient (Wildman–Crippen LogP) is 4.47. The predicted molar refractivity (Wildman–Crippen MR) is 122 cm³/mol. The van der Waals surface area contributed by atoms with Crippen molar-refractivity contribution in [2.45, 2.75) is 25.0 Å². The van der Waals surface area contributed by atoms with E-state index in [1.54, 1.807) is 24.3 Å². The van der Waals surface area contributed by atoms with Gasteiger partial charge >= 0.3 is 6.09 Å². The molecule has 1 fully saturated rings. The fourth-order valence-corrected chi connectivity index (χ4v) is 3.92. The maximum Gasteiger partial charge on any atom is 0.404 e. The summed E-state index contributed by atoms with van der Waals surface area (Å²) in [5, 5.41) is 14.5. The van der Waals surface area contributed by atoms with E-state index in [0.717, 1.165) is 5.56 Å². The number of anilines is 1. The highest BCUT2D eigenvalue weighted by atomic mass is 19.1. The van der Waals surface area contributed by atoms with Gasteiger partial charge in [0.05, 0.1) is 6.04 Å². The number of carbonyl (C=O) groups is 2. The summed E-state index contributed by atoms with van der Waals surface area (Å²) < 4.78 is 18.7. The Bertz CT molecular complexity index is 1090. The number of halogens is 1. The molecule has 2 atom stereocenters. The van der Waals surface area contributed by atoms with Crippen LogP contribution in [0.25, 0.3) is 0 Å². The van der Waals surface area contributed by atoms with Crippen molar-refractivity contribution in [1.82, 2.24) is 10.2 Å². The van der Waals surface area contributed by atoms with Gasteiger partial charge in [0.2, 0.25) is 5.91 Å². The van der Waals surface area contributed by atoms with E-state index in [-0.39, 0.29) is 17.8 Å². The molecule has 170 valence electrons. The van der Waals surface area contributed by atoms with Gasteiger partial charge in [0.1, 0.15) is 17.3 Å². The van der Waals surface area contributed by atoms with Gasteiger partial charge in [-0.2, -0.15) is 0 Å². The van der Waals surface area contributed by atoms with Gasteiger partial charge in [0.15, 0.2) is 0 Å². The maximum atomic E-state index is 13.1. The lowest BCUT2D eigenvalue weighted by atomic mass is 10.1. The highest BCUT2D eigenvalue weighted by Gasteiger charge is 2.37. The average Bonchev–Trinajstić information content (AvgIpc) is 3.19. The van der Waals surface area contributed by atoms with Crippen LogP contribution in [0.5, 0.6) is 11.5 Å². The number of amides is 2. The Hall–Kier alpha value is -3.91. The number of likely N-dealkylation sites (tertiary alicyclic amines) is 1. The molecule has 3 N–H and O–H groups in total. The summed E-state index contributed by atoms with van der Waals surface area (Å²) in [6.45, 7) is 0.991. The first kappa shape index (κ1) is 22.3. The van der Waals surface area contributed by atoms with Crippen LogP contribution in [0.3, 0.4) is 0 Å². The molecule has 0 aliphatic carbocycles.